The van der Waals surface area contributed by atoms with Crippen molar-refractivity contribution in [2.24, 2.45) is 0 Å². The van der Waals surface area contributed by atoms with Crippen LogP contribution in [0.4, 0.5) is 0 Å². The average Bonchev–Trinajstić information content (AvgIpc) is 3.37. The number of hydrogen-bond donors (Lipinski definition) is 0. The third-order valence-corrected chi connectivity index (χ3v) is 32.7. The van der Waals surface area contributed by atoms with Gasteiger partial charge in [-0.15, -0.1) is 24.8 Å². The fourth-order valence-electron chi connectivity index (χ4n) is 4.44. The van der Waals surface area contributed by atoms with Crippen molar-refractivity contribution in [2.75, 3.05) is 0 Å². The summed E-state index contributed by atoms with van der Waals surface area (Å²) in [5.41, 5.74) is 0. The monoisotopic (exact) mass is 476 g/mol. The molecule has 0 bridgehead atoms. The summed E-state index contributed by atoms with van der Waals surface area (Å²) in [6.45, 7) is 2.34. The van der Waals surface area contributed by atoms with Crippen molar-refractivity contribution in [3.05, 3.63) is 104 Å². The summed E-state index contributed by atoms with van der Waals surface area (Å²) in [7, 11) is 0. The Labute approximate surface area is 171 Å². The van der Waals surface area contributed by atoms with Crippen LogP contribution < -0.4 is 6.54 Å². The van der Waals surface area contributed by atoms with Gasteiger partial charge < -0.3 is 0 Å². The van der Waals surface area contributed by atoms with Gasteiger partial charge in [0.15, 0.2) is 0 Å². The Morgan fingerprint density at radius 1 is 0.615 bits per heavy atom. The van der Waals surface area contributed by atoms with E-state index in [0.717, 1.165) is 12.8 Å². The Morgan fingerprint density at radius 3 is 1.31 bits per heavy atom. The van der Waals surface area contributed by atoms with Crippen LogP contribution in [0, 0.1) is 0 Å². The fraction of sp³-hybridized carbons (Fsp3) is 0.0909. The first-order valence-electron chi connectivity index (χ1n) is 8.61. The third-order valence-electron chi connectivity index (χ3n) is 5.78. The van der Waals surface area contributed by atoms with E-state index in [1.165, 1.54) is 0 Å². The Morgan fingerprint density at radius 2 is 1.00 bits per heavy atom. The van der Waals surface area contributed by atoms with Crippen molar-refractivity contribution in [3.8, 4) is 0 Å². The molecule has 0 heterocycles. The molecule has 4 heteroatoms. The maximum atomic E-state index is 2.41. The molecule has 2 aromatic rings. The third kappa shape index (κ3) is 3.02. The molecular formula is C22H24Cl2SiZr. The second kappa shape index (κ2) is 8.40. The van der Waals surface area contributed by atoms with E-state index >= 15 is 0 Å². The molecule has 0 aromatic heterocycles. The summed E-state index contributed by atoms with van der Waals surface area (Å²) in [6.07, 6.45) is 16.2. The second-order valence-electron chi connectivity index (χ2n) is 6.84. The van der Waals surface area contributed by atoms with Crippen LogP contribution in [0.25, 0.3) is 0 Å². The van der Waals surface area contributed by atoms with Crippen molar-refractivity contribution < 1.29 is 17.4 Å². The molecule has 2 aliphatic rings. The Kier molecular flexibility index (Phi) is 6.91. The van der Waals surface area contributed by atoms with Crippen molar-refractivity contribution in [2.45, 2.75) is 12.8 Å². The molecular weight excluding hydrogens is 454 g/mol. The molecule has 0 fully saturated rings. The summed E-state index contributed by atoms with van der Waals surface area (Å²) >= 11 is -3.75. The van der Waals surface area contributed by atoms with Gasteiger partial charge in [-0.2, -0.15) is 0 Å². The van der Waals surface area contributed by atoms with Crippen LogP contribution in [0.15, 0.2) is 104 Å². The van der Waals surface area contributed by atoms with Gasteiger partial charge in [-0.25, -0.2) is 0 Å². The molecule has 0 atom stereocenters. The number of allylic oxidation sites excluding steroid dienone is 8. The van der Waals surface area contributed by atoms with Crippen LogP contribution in [0.3, 0.4) is 0 Å². The van der Waals surface area contributed by atoms with E-state index in [4.69, 9.17) is 0 Å². The molecule has 0 aliphatic heterocycles. The summed E-state index contributed by atoms with van der Waals surface area (Å²) < 4.78 is 6.46. The van der Waals surface area contributed by atoms with E-state index in [1.54, 1.807) is 13.1 Å². The standard InChI is InChI=1S/2C6H5.2C5H5.2ClH.H2Si.Zr/c2*1-2-4-6-5-3-1;2*1-2-4-5-3-1;;;;/h2*1-5H;2*1-3H,4H2;2*1H;1H2;. The van der Waals surface area contributed by atoms with Crippen LogP contribution in [-0.4, -0.2) is 6.88 Å². The zero-order valence-corrected chi connectivity index (χ0v) is 20.2. The van der Waals surface area contributed by atoms with Crippen molar-refractivity contribution in [3.63, 3.8) is 0 Å². The van der Waals surface area contributed by atoms with Crippen molar-refractivity contribution in [1.29, 1.82) is 0 Å². The number of hydrogen-bond acceptors (Lipinski definition) is 0. The minimum absolute atomic E-state index is 0. The fourth-order valence-corrected chi connectivity index (χ4v) is 25.4. The number of rotatable bonds is 4. The van der Waals surface area contributed by atoms with E-state index in [2.05, 4.69) is 104 Å². The Balaban J connectivity index is 0.00000121. The molecule has 0 spiro atoms. The van der Waals surface area contributed by atoms with Gasteiger partial charge in [0.2, 0.25) is 0 Å². The first kappa shape index (κ1) is 21.4. The van der Waals surface area contributed by atoms with Crippen molar-refractivity contribution in [1.82, 2.24) is 0 Å². The summed E-state index contributed by atoms with van der Waals surface area (Å²) in [5.74, 6) is 0. The Bertz CT molecular complexity index is 875. The predicted molar refractivity (Wildman–Crippen MR) is 119 cm³/mol. The second-order valence-corrected chi connectivity index (χ2v) is 28.4. The molecule has 4 rings (SSSR count). The molecule has 2 aromatic carbocycles. The van der Waals surface area contributed by atoms with E-state index < -0.39 is 17.4 Å². The molecule has 26 heavy (non-hydrogen) atoms. The summed E-state index contributed by atoms with van der Waals surface area (Å²) in [6, 6.07) is 22.6. The molecule has 0 saturated carbocycles. The number of benzene rings is 2. The molecule has 0 radical (unpaired) electrons. The first-order valence-corrected chi connectivity index (χ1v) is 19.4. The van der Waals surface area contributed by atoms with Crippen LogP contribution in [-0.2, 0) is 17.4 Å². The minimum atomic E-state index is -3.75. The molecule has 2 aliphatic carbocycles. The van der Waals surface area contributed by atoms with E-state index in [1.807, 2.05) is 0 Å². The van der Waals surface area contributed by atoms with Gasteiger partial charge >= 0.3 is 147 Å². The van der Waals surface area contributed by atoms with Gasteiger partial charge in [-0.1, -0.05) is 0 Å². The summed E-state index contributed by atoms with van der Waals surface area (Å²) in [4.78, 5) is 0. The first-order chi connectivity index (χ1) is 11.7. The Hall–Kier alpha value is -0.920. The van der Waals surface area contributed by atoms with Gasteiger partial charge in [0, 0.05) is 0 Å². The van der Waals surface area contributed by atoms with Gasteiger partial charge in [-0.05, 0) is 0 Å². The van der Waals surface area contributed by atoms with E-state index in [-0.39, 0.29) is 24.8 Å². The number of halogens is 2. The maximum absolute atomic E-state index is 3.75. The topological polar surface area (TPSA) is 0 Å². The average molecular weight is 479 g/mol. The molecule has 134 valence electrons. The van der Waals surface area contributed by atoms with E-state index in [0.29, 0.717) is 0 Å². The molecule has 0 nitrogen and oxygen atoms in total. The van der Waals surface area contributed by atoms with Gasteiger partial charge in [0.1, 0.15) is 0 Å². The van der Waals surface area contributed by atoms with Crippen LogP contribution in [0.2, 0.25) is 0 Å². The molecule has 0 saturated heterocycles. The quantitative estimate of drug-likeness (QED) is 0.572. The van der Waals surface area contributed by atoms with Gasteiger partial charge in [0.25, 0.3) is 0 Å². The van der Waals surface area contributed by atoms with Crippen LogP contribution in [0.5, 0.6) is 0 Å². The predicted octanol–water partition coefficient (Wildman–Crippen LogP) is 4.41. The van der Waals surface area contributed by atoms with Crippen LogP contribution >= 0.6 is 24.8 Å². The van der Waals surface area contributed by atoms with Crippen molar-refractivity contribution >= 4 is 38.2 Å². The molecule has 0 amide bonds. The SMILES string of the molecule is Cl.Cl.[SiH2]=[Zr]([C]1=CC=CC1)([C]1=CC=CC1)([c]1ccccc1)[c]1ccccc1. The van der Waals surface area contributed by atoms with E-state index in [9.17, 15) is 0 Å². The summed E-state index contributed by atoms with van der Waals surface area (Å²) in [5, 5.41) is 0. The van der Waals surface area contributed by atoms with Gasteiger partial charge in [-0.3, -0.25) is 0 Å². The zero-order valence-electron chi connectivity index (χ0n) is 14.7. The van der Waals surface area contributed by atoms with Gasteiger partial charge in [0.05, 0.1) is 0 Å². The molecule has 0 N–H and O–H groups in total. The molecule has 0 unspecified atom stereocenters. The normalized spacial score (nSPS) is 15.7. The van der Waals surface area contributed by atoms with Crippen LogP contribution in [0.1, 0.15) is 12.8 Å². The zero-order chi connectivity index (χ0) is 16.5.